The molecule has 1 atom stereocenters. The number of halogens is 3. The van der Waals surface area contributed by atoms with Crippen molar-refractivity contribution in [3.8, 4) is 0 Å². The van der Waals surface area contributed by atoms with Gasteiger partial charge >= 0.3 is 0 Å². The molecule has 2 aromatic rings. The zero-order valence-corrected chi connectivity index (χ0v) is 19.0. The standard InChI is InChI=1S/C19H20Cl3N3O2S/c1-5-25(3)11-23-17-6-12(2)18(10-16(17)22)28(4,27)24-19(26)13-7-14(20)9-15(21)8-13/h6-11H,5H2,1-4H3/b23-11+. The molecule has 0 spiro atoms. The van der Waals surface area contributed by atoms with Crippen molar-refractivity contribution in [1.29, 1.82) is 0 Å². The molecule has 28 heavy (non-hydrogen) atoms. The van der Waals surface area contributed by atoms with Gasteiger partial charge in [-0.15, -0.1) is 0 Å². The Morgan fingerprint density at radius 2 is 1.75 bits per heavy atom. The van der Waals surface area contributed by atoms with Gasteiger partial charge in [-0.05, 0) is 49.7 Å². The maximum atomic E-state index is 13.2. The molecule has 0 aliphatic heterocycles. The molecule has 0 aliphatic rings. The van der Waals surface area contributed by atoms with Crippen LogP contribution in [0.4, 0.5) is 5.69 Å². The summed E-state index contributed by atoms with van der Waals surface area (Å²) < 4.78 is 17.1. The molecule has 0 saturated carbocycles. The van der Waals surface area contributed by atoms with Gasteiger partial charge in [0.05, 0.1) is 31.7 Å². The Morgan fingerprint density at radius 1 is 1.14 bits per heavy atom. The van der Waals surface area contributed by atoms with Crippen molar-refractivity contribution in [3.63, 3.8) is 0 Å². The summed E-state index contributed by atoms with van der Waals surface area (Å²) in [5.74, 6) is -0.668. The summed E-state index contributed by atoms with van der Waals surface area (Å²) >= 11 is 18.2. The summed E-state index contributed by atoms with van der Waals surface area (Å²) in [6, 6.07) is 7.62. The average Bonchev–Trinajstić information content (AvgIpc) is 2.60. The smallest absolute Gasteiger partial charge is 0.285 e. The number of nitrogens with zero attached hydrogens (tertiary/aromatic N) is 3. The normalized spacial score (nSPS) is 13.4. The number of carbonyl (C=O) groups excluding carboxylic acids is 1. The summed E-state index contributed by atoms with van der Waals surface area (Å²) in [4.78, 5) is 19.1. The molecule has 0 N–H and O–H groups in total. The maximum Gasteiger partial charge on any atom is 0.285 e. The maximum absolute atomic E-state index is 13.2. The van der Waals surface area contributed by atoms with E-state index in [2.05, 4.69) is 9.36 Å². The third kappa shape index (κ3) is 5.70. The number of rotatable bonds is 5. The molecule has 150 valence electrons. The minimum absolute atomic E-state index is 0.166. The van der Waals surface area contributed by atoms with Gasteiger partial charge in [0.2, 0.25) is 0 Å². The minimum atomic E-state index is -3.05. The number of hydrogen-bond acceptors (Lipinski definition) is 3. The van der Waals surface area contributed by atoms with Gasteiger partial charge in [-0.1, -0.05) is 34.8 Å². The molecular formula is C19H20Cl3N3O2S. The first kappa shape index (κ1) is 22.7. The third-order valence-corrected chi connectivity index (χ3v) is 6.42. The number of benzene rings is 2. The largest absolute Gasteiger partial charge is 0.366 e. The van der Waals surface area contributed by atoms with Gasteiger partial charge in [0, 0.05) is 35.5 Å². The monoisotopic (exact) mass is 459 g/mol. The number of carbonyl (C=O) groups is 1. The molecule has 0 heterocycles. The molecule has 2 rings (SSSR count). The molecular weight excluding hydrogens is 441 g/mol. The highest BCUT2D eigenvalue weighted by Crippen LogP contribution is 2.31. The van der Waals surface area contributed by atoms with Crippen LogP contribution in [0.2, 0.25) is 15.1 Å². The third-order valence-electron chi connectivity index (χ3n) is 3.91. The quantitative estimate of drug-likeness (QED) is 0.414. The van der Waals surface area contributed by atoms with Gasteiger partial charge in [0.15, 0.2) is 0 Å². The fourth-order valence-corrected chi connectivity index (χ4v) is 4.65. The Labute approximate surface area is 180 Å². The van der Waals surface area contributed by atoms with Gasteiger partial charge < -0.3 is 4.90 Å². The first-order chi connectivity index (χ1) is 13.0. The molecule has 0 bridgehead atoms. The van der Waals surface area contributed by atoms with Gasteiger partial charge in [-0.2, -0.15) is 4.36 Å². The highest BCUT2D eigenvalue weighted by atomic mass is 35.5. The number of aliphatic imine (C=N–C) groups is 1. The van der Waals surface area contributed by atoms with Crippen molar-refractivity contribution in [3.05, 3.63) is 56.5 Å². The van der Waals surface area contributed by atoms with E-state index in [1.54, 1.807) is 25.4 Å². The second kappa shape index (κ2) is 9.27. The van der Waals surface area contributed by atoms with Crippen LogP contribution in [0.15, 0.2) is 44.6 Å². The predicted octanol–water partition coefficient (Wildman–Crippen LogP) is 5.86. The van der Waals surface area contributed by atoms with E-state index in [4.69, 9.17) is 34.8 Å². The van der Waals surface area contributed by atoms with Crippen LogP contribution in [0.1, 0.15) is 22.8 Å². The Morgan fingerprint density at radius 3 is 2.32 bits per heavy atom. The summed E-state index contributed by atoms with van der Waals surface area (Å²) in [7, 11) is -1.15. The van der Waals surface area contributed by atoms with E-state index in [0.717, 1.165) is 6.54 Å². The fourth-order valence-electron chi connectivity index (χ4n) is 2.33. The summed E-state index contributed by atoms with van der Waals surface area (Å²) in [6.07, 6.45) is 3.06. The Hall–Kier alpha value is -1.60. The van der Waals surface area contributed by atoms with E-state index in [1.807, 2.05) is 18.9 Å². The van der Waals surface area contributed by atoms with Gasteiger partial charge in [0.25, 0.3) is 5.91 Å². The molecule has 0 fully saturated rings. The van der Waals surface area contributed by atoms with Crippen molar-refractivity contribution >= 4 is 62.5 Å². The van der Waals surface area contributed by atoms with Gasteiger partial charge in [-0.3, -0.25) is 4.79 Å². The summed E-state index contributed by atoms with van der Waals surface area (Å²) in [5, 5.41) is 0.920. The van der Waals surface area contributed by atoms with Crippen LogP contribution in [0.25, 0.3) is 0 Å². The molecule has 5 nitrogen and oxygen atoms in total. The minimum Gasteiger partial charge on any atom is -0.366 e. The lowest BCUT2D eigenvalue weighted by Gasteiger charge is -2.12. The van der Waals surface area contributed by atoms with Crippen LogP contribution in [0.3, 0.4) is 0 Å². The van der Waals surface area contributed by atoms with Crippen LogP contribution in [-0.2, 0) is 9.73 Å². The Bertz CT molecular complexity index is 1040. The van der Waals surface area contributed by atoms with Gasteiger partial charge in [0.1, 0.15) is 0 Å². The van der Waals surface area contributed by atoms with E-state index in [-0.39, 0.29) is 5.56 Å². The number of aryl methyl sites for hydroxylation is 1. The van der Waals surface area contributed by atoms with E-state index in [9.17, 15) is 9.00 Å². The molecule has 0 aromatic heterocycles. The molecule has 2 aromatic carbocycles. The molecule has 0 saturated heterocycles. The average molecular weight is 461 g/mol. The Kier molecular flexibility index (Phi) is 7.51. The van der Waals surface area contributed by atoms with Crippen LogP contribution in [0, 0.1) is 6.92 Å². The fraction of sp³-hybridized carbons (Fsp3) is 0.263. The SMILES string of the molecule is CCN(C)/C=N/c1cc(C)c(S(C)(=O)=NC(=O)c2cc(Cl)cc(Cl)c2)cc1Cl. The summed E-state index contributed by atoms with van der Waals surface area (Å²) in [5.41, 5.74) is 1.38. The van der Waals surface area contributed by atoms with E-state index >= 15 is 0 Å². The molecule has 1 unspecified atom stereocenters. The van der Waals surface area contributed by atoms with Crippen molar-refractivity contribution in [2.45, 2.75) is 18.7 Å². The van der Waals surface area contributed by atoms with Crippen molar-refractivity contribution in [2.75, 3.05) is 19.8 Å². The molecule has 9 heteroatoms. The lowest BCUT2D eigenvalue weighted by Crippen LogP contribution is -2.14. The highest BCUT2D eigenvalue weighted by Gasteiger charge is 2.16. The second-order valence-electron chi connectivity index (χ2n) is 6.24. The number of hydrogen-bond donors (Lipinski definition) is 0. The van der Waals surface area contributed by atoms with Crippen molar-refractivity contribution in [2.24, 2.45) is 9.36 Å². The van der Waals surface area contributed by atoms with E-state index in [1.165, 1.54) is 24.5 Å². The first-order valence-electron chi connectivity index (χ1n) is 8.30. The number of amides is 1. The summed E-state index contributed by atoms with van der Waals surface area (Å²) in [6.45, 7) is 4.57. The lowest BCUT2D eigenvalue weighted by molar-refractivity contribution is 0.100. The zero-order valence-electron chi connectivity index (χ0n) is 15.9. The van der Waals surface area contributed by atoms with E-state index in [0.29, 0.717) is 31.2 Å². The van der Waals surface area contributed by atoms with E-state index < -0.39 is 15.6 Å². The van der Waals surface area contributed by atoms with Crippen LogP contribution >= 0.6 is 34.8 Å². The Balaban J connectivity index is 2.46. The molecule has 0 radical (unpaired) electrons. The predicted molar refractivity (Wildman–Crippen MR) is 118 cm³/mol. The van der Waals surface area contributed by atoms with Crippen LogP contribution in [-0.4, -0.2) is 41.2 Å². The molecule has 1 amide bonds. The highest BCUT2D eigenvalue weighted by molar-refractivity contribution is 7.93. The van der Waals surface area contributed by atoms with Crippen LogP contribution < -0.4 is 0 Å². The first-order valence-corrected chi connectivity index (χ1v) is 11.4. The zero-order chi connectivity index (χ0) is 21.1. The topological polar surface area (TPSA) is 62.1 Å². The molecule has 0 aliphatic carbocycles. The van der Waals surface area contributed by atoms with Gasteiger partial charge in [-0.25, -0.2) is 9.20 Å². The van der Waals surface area contributed by atoms with Crippen molar-refractivity contribution in [1.82, 2.24) is 4.90 Å². The second-order valence-corrected chi connectivity index (χ2v) is 9.75. The van der Waals surface area contributed by atoms with Crippen molar-refractivity contribution < 1.29 is 9.00 Å². The van der Waals surface area contributed by atoms with Crippen LogP contribution in [0.5, 0.6) is 0 Å². The lowest BCUT2D eigenvalue weighted by atomic mass is 10.2.